The van der Waals surface area contributed by atoms with E-state index in [-0.39, 0.29) is 5.54 Å². The molecular weight excluding hydrogens is 194 g/mol. The summed E-state index contributed by atoms with van der Waals surface area (Å²) in [7, 11) is -0.712. The molecule has 1 fully saturated rings. The molecule has 84 valence electrons. The van der Waals surface area contributed by atoms with Crippen LogP contribution in [0.15, 0.2) is 0 Å². The Bertz CT molecular complexity index is 192. The van der Waals surface area contributed by atoms with Crippen LogP contribution in [0.25, 0.3) is 0 Å². The number of hydrogen-bond donors (Lipinski definition) is 1. The maximum absolute atomic E-state index is 11.8. The van der Waals surface area contributed by atoms with Crippen molar-refractivity contribution >= 4 is 10.8 Å². The van der Waals surface area contributed by atoms with Gasteiger partial charge in [-0.2, -0.15) is 0 Å². The highest BCUT2D eigenvalue weighted by Crippen LogP contribution is 2.24. The Kier molecular flexibility index (Phi) is 4.58. The van der Waals surface area contributed by atoms with Gasteiger partial charge >= 0.3 is 0 Å². The van der Waals surface area contributed by atoms with Gasteiger partial charge in [-0.05, 0) is 32.6 Å². The topological polar surface area (TPSA) is 43.1 Å². The third-order valence-electron chi connectivity index (χ3n) is 2.68. The summed E-state index contributed by atoms with van der Waals surface area (Å²) < 4.78 is 11.8. The van der Waals surface area contributed by atoms with Crippen LogP contribution in [0, 0.1) is 5.92 Å². The zero-order valence-corrected chi connectivity index (χ0v) is 10.2. The van der Waals surface area contributed by atoms with E-state index in [4.69, 9.17) is 5.73 Å². The molecule has 0 aromatic heterocycles. The van der Waals surface area contributed by atoms with Gasteiger partial charge in [0.25, 0.3) is 0 Å². The summed E-state index contributed by atoms with van der Waals surface area (Å²) in [6, 6.07) is 0. The van der Waals surface area contributed by atoms with Crippen LogP contribution in [0.2, 0.25) is 0 Å². The molecule has 0 amide bonds. The van der Waals surface area contributed by atoms with E-state index in [1.54, 1.807) is 0 Å². The third-order valence-corrected chi connectivity index (χ3v) is 4.59. The van der Waals surface area contributed by atoms with E-state index >= 15 is 0 Å². The van der Waals surface area contributed by atoms with E-state index in [1.165, 1.54) is 32.1 Å². The highest BCUT2D eigenvalue weighted by molar-refractivity contribution is 7.85. The van der Waals surface area contributed by atoms with E-state index < -0.39 is 10.8 Å². The molecule has 0 radical (unpaired) electrons. The number of hydrogen-bond acceptors (Lipinski definition) is 2. The summed E-state index contributed by atoms with van der Waals surface area (Å²) in [6.07, 6.45) is 6.57. The van der Waals surface area contributed by atoms with Crippen molar-refractivity contribution in [3.8, 4) is 0 Å². The molecule has 0 bridgehead atoms. The van der Waals surface area contributed by atoms with Gasteiger partial charge in [-0.15, -0.1) is 0 Å². The van der Waals surface area contributed by atoms with Crippen LogP contribution in [-0.2, 0) is 10.8 Å². The molecule has 1 aliphatic rings. The minimum Gasteiger partial charge on any atom is -0.325 e. The van der Waals surface area contributed by atoms with Crippen LogP contribution < -0.4 is 5.73 Å². The van der Waals surface area contributed by atoms with Gasteiger partial charge in [-0.3, -0.25) is 4.21 Å². The Morgan fingerprint density at radius 3 is 2.36 bits per heavy atom. The molecule has 0 aromatic rings. The lowest BCUT2D eigenvalue weighted by Gasteiger charge is -2.23. The molecule has 0 aliphatic heterocycles. The van der Waals surface area contributed by atoms with E-state index in [9.17, 15) is 4.21 Å². The fourth-order valence-electron chi connectivity index (χ4n) is 2.09. The lowest BCUT2D eigenvalue weighted by molar-refractivity contribution is 0.388. The standard InChI is InChI=1S/C11H23NOS/c1-11(2,12)9-14(13)8-10-6-4-3-5-7-10/h10H,3-9,12H2,1-2H3. The van der Waals surface area contributed by atoms with Gasteiger partial charge in [0, 0.05) is 27.8 Å². The average molecular weight is 217 g/mol. The van der Waals surface area contributed by atoms with Gasteiger partial charge in [-0.1, -0.05) is 19.3 Å². The zero-order chi connectivity index (χ0) is 10.6. The molecule has 3 heteroatoms. The Balaban J connectivity index is 2.25. The van der Waals surface area contributed by atoms with Crippen molar-refractivity contribution in [2.75, 3.05) is 11.5 Å². The molecule has 0 heterocycles. The van der Waals surface area contributed by atoms with Crippen LogP contribution >= 0.6 is 0 Å². The second kappa shape index (κ2) is 5.26. The van der Waals surface area contributed by atoms with Crippen molar-refractivity contribution in [1.29, 1.82) is 0 Å². The first-order valence-electron chi connectivity index (χ1n) is 5.61. The highest BCUT2D eigenvalue weighted by Gasteiger charge is 2.20. The molecule has 0 saturated heterocycles. The molecule has 0 aromatic carbocycles. The largest absolute Gasteiger partial charge is 0.325 e. The predicted molar refractivity (Wildman–Crippen MR) is 62.7 cm³/mol. The molecule has 0 spiro atoms. The fourth-order valence-corrected chi connectivity index (χ4v) is 3.90. The van der Waals surface area contributed by atoms with Crippen LogP contribution in [0.5, 0.6) is 0 Å². The minimum absolute atomic E-state index is 0.278. The molecule has 2 nitrogen and oxygen atoms in total. The van der Waals surface area contributed by atoms with Crippen molar-refractivity contribution in [3.05, 3.63) is 0 Å². The summed E-state index contributed by atoms with van der Waals surface area (Å²) in [6.45, 7) is 3.90. The first kappa shape index (κ1) is 12.2. The van der Waals surface area contributed by atoms with Gasteiger partial charge < -0.3 is 5.73 Å². The second-order valence-corrected chi connectivity index (χ2v) is 6.75. The Labute approximate surface area is 90.1 Å². The SMILES string of the molecule is CC(C)(N)CS(=O)CC1CCCCC1. The maximum atomic E-state index is 11.8. The highest BCUT2D eigenvalue weighted by atomic mass is 32.2. The Morgan fingerprint density at radius 1 is 1.29 bits per heavy atom. The van der Waals surface area contributed by atoms with Crippen LogP contribution in [0.1, 0.15) is 46.0 Å². The van der Waals surface area contributed by atoms with E-state index in [0.29, 0.717) is 11.7 Å². The summed E-state index contributed by atoms with van der Waals surface area (Å²) >= 11 is 0. The molecule has 1 atom stereocenters. The van der Waals surface area contributed by atoms with Crippen molar-refractivity contribution in [1.82, 2.24) is 0 Å². The van der Waals surface area contributed by atoms with Gasteiger partial charge in [0.05, 0.1) is 0 Å². The van der Waals surface area contributed by atoms with Crippen LogP contribution in [-0.4, -0.2) is 21.3 Å². The van der Waals surface area contributed by atoms with Gasteiger partial charge in [0.1, 0.15) is 0 Å². The van der Waals surface area contributed by atoms with Crippen molar-refractivity contribution in [3.63, 3.8) is 0 Å². The molecular formula is C11H23NOS. The van der Waals surface area contributed by atoms with E-state index in [2.05, 4.69) is 0 Å². The molecule has 1 rings (SSSR count). The van der Waals surface area contributed by atoms with Gasteiger partial charge in [-0.25, -0.2) is 0 Å². The smallest absolute Gasteiger partial charge is 0.0410 e. The normalized spacial score (nSPS) is 22.2. The van der Waals surface area contributed by atoms with E-state index in [0.717, 1.165) is 5.75 Å². The summed E-state index contributed by atoms with van der Waals surface area (Å²) in [5.41, 5.74) is 5.57. The Morgan fingerprint density at radius 2 is 1.86 bits per heavy atom. The molecule has 1 aliphatic carbocycles. The van der Waals surface area contributed by atoms with Crippen molar-refractivity contribution in [2.45, 2.75) is 51.5 Å². The predicted octanol–water partition coefficient (Wildman–Crippen LogP) is 2.05. The van der Waals surface area contributed by atoms with Crippen molar-refractivity contribution in [2.24, 2.45) is 11.7 Å². The molecule has 1 saturated carbocycles. The minimum atomic E-state index is -0.712. The third kappa shape index (κ3) is 5.11. The van der Waals surface area contributed by atoms with E-state index in [1.807, 2.05) is 13.8 Å². The van der Waals surface area contributed by atoms with Crippen molar-refractivity contribution < 1.29 is 4.21 Å². The number of rotatable bonds is 4. The summed E-state index contributed by atoms with van der Waals surface area (Å²) in [5.74, 6) is 2.22. The molecule has 1 unspecified atom stereocenters. The lowest BCUT2D eigenvalue weighted by Crippen LogP contribution is -2.39. The monoisotopic (exact) mass is 217 g/mol. The first-order valence-corrected chi connectivity index (χ1v) is 7.10. The number of nitrogens with two attached hydrogens (primary N) is 1. The summed E-state index contributed by atoms with van der Waals surface area (Å²) in [5, 5.41) is 0. The lowest BCUT2D eigenvalue weighted by atomic mass is 9.91. The fraction of sp³-hybridized carbons (Fsp3) is 1.00. The zero-order valence-electron chi connectivity index (χ0n) is 9.42. The quantitative estimate of drug-likeness (QED) is 0.783. The first-order chi connectivity index (χ1) is 6.47. The van der Waals surface area contributed by atoms with Crippen LogP contribution in [0.4, 0.5) is 0 Å². The molecule has 2 N–H and O–H groups in total. The Hall–Kier alpha value is 0.110. The summed E-state index contributed by atoms with van der Waals surface area (Å²) in [4.78, 5) is 0. The van der Waals surface area contributed by atoms with Gasteiger partial charge in [0.2, 0.25) is 0 Å². The van der Waals surface area contributed by atoms with Gasteiger partial charge in [0.15, 0.2) is 0 Å². The average Bonchev–Trinajstić information content (AvgIpc) is 2.02. The maximum Gasteiger partial charge on any atom is 0.0410 e. The second-order valence-electron chi connectivity index (χ2n) is 5.24. The molecule has 14 heavy (non-hydrogen) atoms. The van der Waals surface area contributed by atoms with Crippen LogP contribution in [0.3, 0.4) is 0 Å².